The minimum Gasteiger partial charge on any atom is -0.384 e. The van der Waals surface area contributed by atoms with Gasteiger partial charge in [-0.2, -0.15) is 12.6 Å². The van der Waals surface area contributed by atoms with Crippen molar-refractivity contribution in [2.45, 2.75) is 62.3 Å². The Bertz CT molecular complexity index is 1620. The number of aliphatic hydroxyl groups excluding tert-OH is 1. The highest BCUT2D eigenvalue weighted by atomic mass is 35.5. The highest BCUT2D eigenvalue weighted by Gasteiger charge is 2.24. The smallest absolute Gasteiger partial charge is 0.264 e. The van der Waals surface area contributed by atoms with Crippen molar-refractivity contribution in [3.63, 3.8) is 0 Å². The molecule has 0 aliphatic carbocycles. The third-order valence-corrected chi connectivity index (χ3v) is 8.84. The van der Waals surface area contributed by atoms with Gasteiger partial charge in [0, 0.05) is 53.9 Å². The Labute approximate surface area is 273 Å². The maximum atomic E-state index is 15.4. The summed E-state index contributed by atoms with van der Waals surface area (Å²) in [5.74, 6) is -2.27. The lowest BCUT2D eigenvalue weighted by Crippen LogP contribution is -2.37. The number of carbonyl (C=O) groups excluding carboxylic acids is 3. The molecule has 0 saturated heterocycles. The second-order valence-electron chi connectivity index (χ2n) is 10.6. The summed E-state index contributed by atoms with van der Waals surface area (Å²) in [6.07, 6.45) is -0.135. The van der Waals surface area contributed by atoms with Crippen molar-refractivity contribution >= 4 is 52.0 Å². The number of amides is 3. The molecule has 3 aromatic carbocycles. The van der Waals surface area contributed by atoms with Crippen LogP contribution < -0.4 is 10.0 Å². The van der Waals surface area contributed by atoms with Gasteiger partial charge in [0.25, 0.3) is 15.9 Å². The first-order valence-corrected chi connectivity index (χ1v) is 16.8. The average molecular weight is 678 g/mol. The summed E-state index contributed by atoms with van der Waals surface area (Å²) in [6, 6.07) is 17.3. The summed E-state index contributed by atoms with van der Waals surface area (Å²) < 4.78 is 42.9. The van der Waals surface area contributed by atoms with Gasteiger partial charge >= 0.3 is 0 Å². The summed E-state index contributed by atoms with van der Waals surface area (Å²) in [6.45, 7) is 3.27. The zero-order chi connectivity index (χ0) is 33.1. The van der Waals surface area contributed by atoms with E-state index in [0.29, 0.717) is 24.4 Å². The van der Waals surface area contributed by atoms with Gasteiger partial charge in [0.1, 0.15) is 11.9 Å². The molecule has 0 fully saturated rings. The number of thiol groups is 1. The van der Waals surface area contributed by atoms with Crippen molar-refractivity contribution in [3.8, 4) is 11.1 Å². The molecule has 0 unspecified atom stereocenters. The molecular weight excluding hydrogens is 641 g/mol. The monoisotopic (exact) mass is 677 g/mol. The van der Waals surface area contributed by atoms with E-state index in [9.17, 15) is 27.9 Å². The highest BCUT2D eigenvalue weighted by Crippen LogP contribution is 2.29. The predicted molar refractivity (Wildman–Crippen MR) is 175 cm³/mol. The minimum absolute atomic E-state index is 0.0102. The second kappa shape index (κ2) is 16.7. The molecule has 0 aromatic heterocycles. The fraction of sp³-hybridized carbons (Fsp3) is 0.344. The molecule has 3 aromatic rings. The van der Waals surface area contributed by atoms with E-state index in [2.05, 4.69) is 17.9 Å². The largest absolute Gasteiger partial charge is 0.384 e. The number of hydrogen-bond donors (Lipinski definition) is 4. The van der Waals surface area contributed by atoms with Crippen LogP contribution in [0, 0.1) is 5.82 Å². The van der Waals surface area contributed by atoms with Gasteiger partial charge in [-0.15, -0.1) is 0 Å². The Morgan fingerprint density at radius 1 is 1.04 bits per heavy atom. The molecule has 0 radical (unpaired) electrons. The Kier molecular flexibility index (Phi) is 13.4. The summed E-state index contributed by atoms with van der Waals surface area (Å²) in [5, 5.41) is 12.7. The van der Waals surface area contributed by atoms with Gasteiger partial charge in [-0.25, -0.2) is 17.5 Å². The number of sulfonamides is 1. The first-order valence-electron chi connectivity index (χ1n) is 14.4. The van der Waals surface area contributed by atoms with Crippen molar-refractivity contribution in [1.29, 1.82) is 0 Å². The minimum atomic E-state index is -4.37. The van der Waals surface area contributed by atoms with Crippen molar-refractivity contribution in [1.82, 2.24) is 14.9 Å². The first kappa shape index (κ1) is 36.0. The van der Waals surface area contributed by atoms with Crippen LogP contribution in [0.25, 0.3) is 11.1 Å². The van der Waals surface area contributed by atoms with Gasteiger partial charge in [-0.3, -0.25) is 14.4 Å². The Balaban J connectivity index is 1.69. The van der Waals surface area contributed by atoms with Crippen LogP contribution in [0.4, 0.5) is 4.39 Å². The summed E-state index contributed by atoms with van der Waals surface area (Å²) in [5.41, 5.74) is 1.55. The van der Waals surface area contributed by atoms with Crippen LogP contribution in [-0.4, -0.2) is 60.6 Å². The van der Waals surface area contributed by atoms with E-state index in [4.69, 9.17) is 11.6 Å². The van der Waals surface area contributed by atoms with Gasteiger partial charge in [0.15, 0.2) is 0 Å². The van der Waals surface area contributed by atoms with Crippen LogP contribution >= 0.6 is 24.2 Å². The van der Waals surface area contributed by atoms with Gasteiger partial charge in [0.2, 0.25) is 11.8 Å². The van der Waals surface area contributed by atoms with Gasteiger partial charge in [0.05, 0.1) is 4.90 Å². The molecule has 0 aliphatic rings. The SMILES string of the molecule is CCCC(=O)N(CCC(=O)NC[C@@H](S)Cc1cccc(Cl)c1)Cc1ccc(-c2ccccc2S(=O)(=O)NC(=O)[C@H](C)O)cc1F. The number of halogens is 2. The van der Waals surface area contributed by atoms with Gasteiger partial charge < -0.3 is 15.3 Å². The molecule has 3 N–H and O–H groups in total. The van der Waals surface area contributed by atoms with E-state index < -0.39 is 27.9 Å². The van der Waals surface area contributed by atoms with Gasteiger partial charge in [-0.05, 0) is 55.2 Å². The molecule has 0 saturated carbocycles. The molecule has 0 aliphatic heterocycles. The molecule has 0 bridgehead atoms. The van der Waals surface area contributed by atoms with Crippen LogP contribution in [0.2, 0.25) is 5.02 Å². The predicted octanol–water partition coefficient (Wildman–Crippen LogP) is 4.51. The molecule has 13 heteroatoms. The highest BCUT2D eigenvalue weighted by molar-refractivity contribution is 7.90. The topological polar surface area (TPSA) is 133 Å². The maximum absolute atomic E-state index is 15.4. The second-order valence-corrected chi connectivity index (χ2v) is 13.4. The maximum Gasteiger partial charge on any atom is 0.264 e. The zero-order valence-corrected chi connectivity index (χ0v) is 27.5. The fourth-order valence-electron chi connectivity index (χ4n) is 4.49. The van der Waals surface area contributed by atoms with E-state index in [-0.39, 0.29) is 64.6 Å². The molecule has 3 rings (SSSR count). The normalized spacial score (nSPS) is 12.7. The summed E-state index contributed by atoms with van der Waals surface area (Å²) >= 11 is 10.6. The molecule has 242 valence electrons. The number of nitrogens with zero attached hydrogens (tertiary/aromatic N) is 1. The molecular formula is C32H37ClFN3O6S2. The van der Waals surface area contributed by atoms with Crippen LogP contribution in [0.15, 0.2) is 71.6 Å². The van der Waals surface area contributed by atoms with Crippen molar-refractivity contribution in [3.05, 3.63) is 88.7 Å². The number of hydrogen-bond acceptors (Lipinski definition) is 7. The van der Waals surface area contributed by atoms with Gasteiger partial charge in [-0.1, -0.05) is 61.0 Å². The van der Waals surface area contributed by atoms with Crippen LogP contribution in [0.5, 0.6) is 0 Å². The van der Waals surface area contributed by atoms with Crippen LogP contribution in [0.1, 0.15) is 44.2 Å². The molecule has 2 atom stereocenters. The molecule has 3 amide bonds. The molecule has 0 spiro atoms. The quantitative estimate of drug-likeness (QED) is 0.175. The van der Waals surface area contributed by atoms with E-state index in [0.717, 1.165) is 18.6 Å². The number of aliphatic hydroxyl groups is 1. The van der Waals surface area contributed by atoms with E-state index in [1.54, 1.807) is 12.1 Å². The summed E-state index contributed by atoms with van der Waals surface area (Å²) in [4.78, 5) is 38.5. The zero-order valence-electron chi connectivity index (χ0n) is 25.0. The lowest BCUT2D eigenvalue weighted by atomic mass is 10.0. The number of rotatable bonds is 15. The molecule has 45 heavy (non-hydrogen) atoms. The van der Waals surface area contributed by atoms with Crippen molar-refractivity contribution in [2.75, 3.05) is 13.1 Å². The Morgan fingerprint density at radius 3 is 2.44 bits per heavy atom. The fourth-order valence-corrected chi connectivity index (χ4v) is 6.28. The van der Waals surface area contributed by atoms with Crippen LogP contribution in [-0.2, 0) is 37.4 Å². The van der Waals surface area contributed by atoms with Crippen molar-refractivity contribution in [2.24, 2.45) is 0 Å². The lowest BCUT2D eigenvalue weighted by Gasteiger charge is -2.23. The molecule has 9 nitrogen and oxygen atoms in total. The Hall–Kier alpha value is -3.45. The Morgan fingerprint density at radius 2 is 1.78 bits per heavy atom. The van der Waals surface area contributed by atoms with E-state index >= 15 is 4.39 Å². The van der Waals surface area contributed by atoms with Crippen LogP contribution in [0.3, 0.4) is 0 Å². The van der Waals surface area contributed by atoms with E-state index in [1.807, 2.05) is 29.8 Å². The number of carbonyl (C=O) groups is 3. The summed E-state index contributed by atoms with van der Waals surface area (Å²) in [7, 11) is -4.37. The first-order chi connectivity index (χ1) is 21.3. The third kappa shape index (κ3) is 10.8. The molecule has 0 heterocycles. The third-order valence-electron chi connectivity index (χ3n) is 6.84. The average Bonchev–Trinajstić information content (AvgIpc) is 2.98. The van der Waals surface area contributed by atoms with E-state index in [1.165, 1.54) is 35.2 Å². The standard InChI is InChI=1S/C32H37ClFN3O6S2/c1-3-7-31(40)37(15-14-30(39)35-19-26(44)17-22-8-6-9-25(33)16-22)20-24-13-12-23(18-28(24)34)27-10-4-5-11-29(27)45(42,43)36-32(41)21(2)38/h4-6,8-13,16,18,21,26,38,44H,3,7,14-15,17,19-20H2,1-2H3,(H,35,39)(H,36,41)/t21-,26-/m0/s1. The number of benzene rings is 3. The number of nitrogens with one attached hydrogen (secondary N) is 2. The lowest BCUT2D eigenvalue weighted by molar-refractivity contribution is -0.132. The van der Waals surface area contributed by atoms with Crippen molar-refractivity contribution < 1.29 is 32.3 Å².